The molecule has 1 heterocycles. The number of sulfonamides is 1. The monoisotopic (exact) mass is 415 g/mol. The smallest absolute Gasteiger partial charge is 0.245 e. The number of quaternary nitrogens is 1. The first-order valence-corrected chi connectivity index (χ1v) is 10.5. The van der Waals surface area contributed by atoms with E-state index in [-0.39, 0.29) is 9.92 Å². The Morgan fingerprint density at radius 1 is 1.12 bits per heavy atom. The van der Waals surface area contributed by atoms with Crippen molar-refractivity contribution >= 4 is 33.2 Å². The first kappa shape index (κ1) is 19.5. The summed E-state index contributed by atoms with van der Waals surface area (Å²) >= 11 is 12.0. The molecule has 0 spiro atoms. The summed E-state index contributed by atoms with van der Waals surface area (Å²) in [5.41, 5.74) is 1.17. The van der Waals surface area contributed by atoms with Crippen molar-refractivity contribution in [1.29, 1.82) is 0 Å². The van der Waals surface area contributed by atoms with Gasteiger partial charge in [-0.3, -0.25) is 0 Å². The van der Waals surface area contributed by atoms with Crippen LogP contribution in [0.2, 0.25) is 10.0 Å². The summed E-state index contributed by atoms with van der Waals surface area (Å²) in [6, 6.07) is 12.5. The van der Waals surface area contributed by atoms with Gasteiger partial charge in [0.15, 0.2) is 0 Å². The fraction of sp³-hybridized carbons (Fsp3) is 0.333. The number of ether oxygens (including phenoxy) is 1. The standard InChI is InChI=1S/C18H20Cl2N2O3S/c1-25-16-4-2-3-14(11-16)13-21-7-9-22(10-8-21)26(23,24)18-12-15(19)5-6-17(18)20/h2-6,11-12H,7-10,13H2,1H3/p+1. The second-order valence-electron chi connectivity index (χ2n) is 6.26. The maximum absolute atomic E-state index is 12.9. The minimum atomic E-state index is -3.64. The van der Waals surface area contributed by atoms with Crippen molar-refractivity contribution in [2.24, 2.45) is 0 Å². The zero-order valence-corrected chi connectivity index (χ0v) is 16.7. The number of halogens is 2. The first-order valence-electron chi connectivity index (χ1n) is 8.32. The Balaban J connectivity index is 1.67. The van der Waals surface area contributed by atoms with E-state index in [0.717, 1.165) is 25.4 Å². The second kappa shape index (κ2) is 8.15. The summed E-state index contributed by atoms with van der Waals surface area (Å²) in [6.45, 7) is 3.20. The van der Waals surface area contributed by atoms with Crippen LogP contribution >= 0.6 is 23.2 Å². The maximum atomic E-state index is 12.9. The molecule has 0 aromatic heterocycles. The zero-order valence-electron chi connectivity index (χ0n) is 14.4. The van der Waals surface area contributed by atoms with Crippen LogP contribution < -0.4 is 9.64 Å². The summed E-state index contributed by atoms with van der Waals surface area (Å²) in [4.78, 5) is 1.41. The molecular formula is C18H21Cl2N2O3S+. The van der Waals surface area contributed by atoms with E-state index in [2.05, 4.69) is 6.07 Å². The van der Waals surface area contributed by atoms with Crippen LogP contribution in [0, 0.1) is 0 Å². The molecule has 0 bridgehead atoms. The number of methoxy groups -OCH3 is 1. The van der Waals surface area contributed by atoms with E-state index in [4.69, 9.17) is 27.9 Å². The Morgan fingerprint density at radius 2 is 1.85 bits per heavy atom. The number of benzene rings is 2. The van der Waals surface area contributed by atoms with Crippen LogP contribution in [0.3, 0.4) is 0 Å². The Bertz CT molecular complexity index is 882. The molecule has 3 rings (SSSR count). The lowest BCUT2D eigenvalue weighted by molar-refractivity contribution is -0.917. The molecule has 1 aliphatic heterocycles. The van der Waals surface area contributed by atoms with Gasteiger partial charge in [0.2, 0.25) is 10.0 Å². The molecule has 0 atom stereocenters. The molecule has 0 saturated carbocycles. The molecule has 1 aliphatic rings. The Morgan fingerprint density at radius 3 is 2.54 bits per heavy atom. The molecular weight excluding hydrogens is 395 g/mol. The summed E-state index contributed by atoms with van der Waals surface area (Å²) in [6.07, 6.45) is 0. The van der Waals surface area contributed by atoms with Crippen molar-refractivity contribution in [3.05, 3.63) is 58.1 Å². The highest BCUT2D eigenvalue weighted by Crippen LogP contribution is 2.27. The number of rotatable bonds is 5. The van der Waals surface area contributed by atoms with Gasteiger partial charge < -0.3 is 9.64 Å². The third-order valence-corrected chi connectivity index (χ3v) is 7.14. The topological polar surface area (TPSA) is 51.1 Å². The molecule has 0 radical (unpaired) electrons. The molecule has 2 aromatic rings. The van der Waals surface area contributed by atoms with E-state index >= 15 is 0 Å². The molecule has 0 aliphatic carbocycles. The Kier molecular flexibility index (Phi) is 6.10. The van der Waals surface area contributed by atoms with Gasteiger partial charge in [0, 0.05) is 10.6 Å². The maximum Gasteiger partial charge on any atom is 0.245 e. The predicted molar refractivity (Wildman–Crippen MR) is 103 cm³/mol. The molecule has 1 fully saturated rings. The Labute approximate surface area is 164 Å². The average molecular weight is 416 g/mol. The summed E-state index contributed by atoms with van der Waals surface area (Å²) in [7, 11) is -1.99. The van der Waals surface area contributed by atoms with Crippen LogP contribution in [-0.4, -0.2) is 46.0 Å². The lowest BCUT2D eigenvalue weighted by Gasteiger charge is -2.31. The van der Waals surface area contributed by atoms with Gasteiger partial charge in [0.05, 0.1) is 38.3 Å². The SMILES string of the molecule is COc1cccc(C[NH+]2CCN(S(=O)(=O)c3cc(Cl)ccc3Cl)CC2)c1. The van der Waals surface area contributed by atoms with E-state index in [1.807, 2.05) is 18.2 Å². The number of hydrogen-bond donors (Lipinski definition) is 1. The van der Waals surface area contributed by atoms with Gasteiger partial charge >= 0.3 is 0 Å². The third kappa shape index (κ3) is 4.32. The third-order valence-electron chi connectivity index (χ3n) is 4.53. The molecule has 26 heavy (non-hydrogen) atoms. The summed E-state index contributed by atoms with van der Waals surface area (Å²) < 4.78 is 32.5. The Hall–Kier alpha value is -1.31. The highest BCUT2D eigenvalue weighted by atomic mass is 35.5. The first-order chi connectivity index (χ1) is 12.4. The molecule has 1 N–H and O–H groups in total. The molecule has 0 unspecified atom stereocenters. The van der Waals surface area contributed by atoms with Gasteiger partial charge in [-0.1, -0.05) is 35.3 Å². The van der Waals surface area contributed by atoms with Crippen LogP contribution in [0.4, 0.5) is 0 Å². The lowest BCUT2D eigenvalue weighted by atomic mass is 10.2. The molecule has 0 amide bonds. The van der Waals surface area contributed by atoms with Gasteiger partial charge in [-0.15, -0.1) is 0 Å². The quantitative estimate of drug-likeness (QED) is 0.813. The number of piperazine rings is 1. The van der Waals surface area contributed by atoms with Gasteiger partial charge in [-0.2, -0.15) is 4.31 Å². The van der Waals surface area contributed by atoms with Crippen molar-refractivity contribution in [3.63, 3.8) is 0 Å². The van der Waals surface area contributed by atoms with Crippen LogP contribution in [0.1, 0.15) is 5.56 Å². The van der Waals surface area contributed by atoms with Gasteiger partial charge in [0.1, 0.15) is 17.2 Å². The van der Waals surface area contributed by atoms with Crippen molar-refractivity contribution in [2.75, 3.05) is 33.3 Å². The molecule has 1 saturated heterocycles. The number of hydrogen-bond acceptors (Lipinski definition) is 3. The lowest BCUT2D eigenvalue weighted by Crippen LogP contribution is -3.13. The zero-order chi connectivity index (χ0) is 18.7. The van der Waals surface area contributed by atoms with E-state index in [9.17, 15) is 8.42 Å². The number of nitrogens with zero attached hydrogens (tertiary/aromatic N) is 1. The largest absolute Gasteiger partial charge is 0.497 e. The highest BCUT2D eigenvalue weighted by Gasteiger charge is 2.32. The van der Waals surface area contributed by atoms with Crippen LogP contribution in [0.15, 0.2) is 47.4 Å². The van der Waals surface area contributed by atoms with Crippen LogP contribution in [-0.2, 0) is 16.6 Å². The van der Waals surface area contributed by atoms with Gasteiger partial charge in [-0.05, 0) is 30.3 Å². The molecule has 2 aromatic carbocycles. The fourth-order valence-electron chi connectivity index (χ4n) is 3.10. The highest BCUT2D eigenvalue weighted by molar-refractivity contribution is 7.89. The van der Waals surface area contributed by atoms with Crippen molar-refractivity contribution in [1.82, 2.24) is 4.31 Å². The molecule has 5 nitrogen and oxygen atoms in total. The van der Waals surface area contributed by atoms with E-state index in [1.165, 1.54) is 26.9 Å². The molecule has 8 heteroatoms. The molecule has 140 valence electrons. The van der Waals surface area contributed by atoms with Crippen molar-refractivity contribution in [3.8, 4) is 5.75 Å². The van der Waals surface area contributed by atoms with Crippen LogP contribution in [0.25, 0.3) is 0 Å². The van der Waals surface area contributed by atoms with Crippen molar-refractivity contribution < 1.29 is 18.1 Å². The predicted octanol–water partition coefficient (Wildman–Crippen LogP) is 2.09. The van der Waals surface area contributed by atoms with E-state index < -0.39 is 10.0 Å². The van der Waals surface area contributed by atoms with E-state index in [1.54, 1.807) is 13.2 Å². The summed E-state index contributed by atoms with van der Waals surface area (Å²) in [5.74, 6) is 0.832. The fourth-order valence-corrected chi connectivity index (χ4v) is 5.28. The summed E-state index contributed by atoms with van der Waals surface area (Å²) in [5, 5.41) is 0.552. The van der Waals surface area contributed by atoms with Gasteiger partial charge in [0.25, 0.3) is 0 Å². The van der Waals surface area contributed by atoms with E-state index in [0.29, 0.717) is 18.1 Å². The van der Waals surface area contributed by atoms with Crippen LogP contribution in [0.5, 0.6) is 5.75 Å². The average Bonchev–Trinajstić information content (AvgIpc) is 2.64. The second-order valence-corrected chi connectivity index (χ2v) is 9.01. The minimum absolute atomic E-state index is 0.0721. The van der Waals surface area contributed by atoms with Crippen molar-refractivity contribution in [2.45, 2.75) is 11.4 Å². The normalized spacial score (nSPS) is 16.6. The number of nitrogens with one attached hydrogen (secondary N) is 1. The van der Waals surface area contributed by atoms with Gasteiger partial charge in [-0.25, -0.2) is 8.42 Å². The minimum Gasteiger partial charge on any atom is -0.497 e.